The molecule has 3 unspecified atom stereocenters. The highest BCUT2D eigenvalue weighted by molar-refractivity contribution is 7.80. The monoisotopic (exact) mass is 576 g/mol. The van der Waals surface area contributed by atoms with Crippen LogP contribution in [-0.4, -0.2) is 80.9 Å². The van der Waals surface area contributed by atoms with Gasteiger partial charge in [0.2, 0.25) is 0 Å². The Morgan fingerprint density at radius 3 is 2.13 bits per heavy atom. The lowest BCUT2D eigenvalue weighted by molar-refractivity contribution is -0.264. The molecule has 15 atom stereocenters. The van der Waals surface area contributed by atoms with E-state index in [9.17, 15) is 43.3 Å². The minimum atomic E-state index is -4.93. The number of hydrogen-bond donors (Lipinski definition) is 6. The summed E-state index contributed by atoms with van der Waals surface area (Å²) in [6, 6.07) is 0. The molecule has 0 aliphatic heterocycles. The Kier molecular flexibility index (Phi) is 8.47. The number of hydrogen-bond acceptors (Lipinski definition) is 9. The van der Waals surface area contributed by atoms with Gasteiger partial charge in [0.15, 0.2) is 0 Å². The molecule has 0 aromatic heterocycles. The van der Waals surface area contributed by atoms with Crippen molar-refractivity contribution in [2.75, 3.05) is 0 Å². The molecule has 4 aliphatic carbocycles. The summed E-state index contributed by atoms with van der Waals surface area (Å²) in [5, 5.41) is 55.5. The van der Waals surface area contributed by atoms with Crippen LogP contribution in [-0.2, 0) is 19.4 Å². The predicted octanol–water partition coefficient (Wildman–Crippen LogP) is 1.57. The average Bonchev–Trinajstić information content (AvgIpc) is 3.09. The quantitative estimate of drug-likeness (QED) is 0.243. The van der Waals surface area contributed by atoms with E-state index in [1.54, 1.807) is 6.92 Å². The van der Waals surface area contributed by atoms with Gasteiger partial charge in [-0.2, -0.15) is 8.42 Å². The van der Waals surface area contributed by atoms with E-state index < -0.39 is 75.6 Å². The van der Waals surface area contributed by atoms with Crippen molar-refractivity contribution in [3.8, 4) is 0 Å². The molecule has 0 radical (unpaired) electrons. The smallest absolute Gasteiger partial charge is 0.393 e. The fourth-order valence-electron chi connectivity index (χ4n) is 9.38. The van der Waals surface area contributed by atoms with Crippen LogP contribution in [0.25, 0.3) is 0 Å². The second-order valence-electron chi connectivity index (χ2n) is 14.1. The predicted molar refractivity (Wildman–Crippen MR) is 141 cm³/mol. The number of Topliss-reactive ketones (excluding diaryl/α,β-unsaturated/α-hetero) is 1. The van der Waals surface area contributed by atoms with Crippen molar-refractivity contribution in [1.82, 2.24) is 0 Å². The fourth-order valence-corrected chi connectivity index (χ4v) is 9.87. The summed E-state index contributed by atoms with van der Waals surface area (Å²) in [6.07, 6.45) is -6.15. The second kappa shape index (κ2) is 10.6. The molecule has 4 fully saturated rings. The van der Waals surface area contributed by atoms with Crippen molar-refractivity contribution >= 4 is 16.2 Å². The minimum Gasteiger partial charge on any atom is -0.393 e. The summed E-state index contributed by atoms with van der Waals surface area (Å²) in [7, 11) is -4.93. The Morgan fingerprint density at radius 2 is 1.56 bits per heavy atom. The molecule has 0 bridgehead atoms. The second-order valence-corrected chi connectivity index (χ2v) is 15.2. The van der Waals surface area contributed by atoms with E-state index >= 15 is 0 Å². The number of aliphatic hydroxyl groups is 5. The van der Waals surface area contributed by atoms with Crippen molar-refractivity contribution in [3.05, 3.63) is 0 Å². The molecule has 0 heterocycles. The molecule has 0 saturated heterocycles. The Labute approximate surface area is 232 Å². The van der Waals surface area contributed by atoms with Gasteiger partial charge in [-0.15, -0.1) is 0 Å². The lowest BCUT2D eigenvalue weighted by Gasteiger charge is -2.64. The van der Waals surface area contributed by atoms with Crippen LogP contribution in [0.1, 0.15) is 73.6 Å². The van der Waals surface area contributed by atoms with E-state index in [1.165, 1.54) is 0 Å². The third-order valence-electron chi connectivity index (χ3n) is 11.9. The molecule has 6 N–H and O–H groups in total. The first-order chi connectivity index (χ1) is 17.8. The van der Waals surface area contributed by atoms with Crippen molar-refractivity contribution in [3.63, 3.8) is 0 Å². The number of fused-ring (bicyclic) bond motifs is 5. The third kappa shape index (κ3) is 5.13. The highest BCUT2D eigenvalue weighted by Crippen LogP contribution is 2.67. The third-order valence-corrected chi connectivity index (χ3v) is 12.4. The van der Waals surface area contributed by atoms with Gasteiger partial charge in [-0.3, -0.25) is 9.35 Å². The molecule has 11 heteroatoms. The molecule has 10 nitrogen and oxygen atoms in total. The highest BCUT2D eigenvalue weighted by Gasteiger charge is 2.70. The lowest BCUT2D eigenvalue weighted by Crippen LogP contribution is -2.70. The Bertz CT molecular complexity index is 1030. The number of aliphatic hydroxyl groups excluding tert-OH is 5. The Hall–Kier alpha value is -0.660. The summed E-state index contributed by atoms with van der Waals surface area (Å²) < 4.78 is 37.0. The van der Waals surface area contributed by atoms with Crippen molar-refractivity contribution in [2.24, 2.45) is 58.2 Å². The first kappa shape index (κ1) is 31.3. The zero-order valence-corrected chi connectivity index (χ0v) is 24.7. The molecule has 226 valence electrons. The van der Waals surface area contributed by atoms with Gasteiger partial charge < -0.3 is 25.5 Å². The summed E-state index contributed by atoms with van der Waals surface area (Å²) >= 11 is 0. The van der Waals surface area contributed by atoms with Crippen LogP contribution in [0, 0.1) is 58.2 Å². The first-order valence-corrected chi connectivity index (χ1v) is 15.8. The van der Waals surface area contributed by atoms with Gasteiger partial charge in [0.25, 0.3) is 0 Å². The molecule has 4 rings (SSSR count). The molecular formula is C28H48O10S. The van der Waals surface area contributed by atoms with Crippen LogP contribution < -0.4 is 0 Å². The number of carbonyl (C=O) groups excluding carboxylic acids is 1. The van der Waals surface area contributed by atoms with Crippen LogP contribution in [0.2, 0.25) is 0 Å². The van der Waals surface area contributed by atoms with Crippen molar-refractivity contribution in [1.29, 1.82) is 0 Å². The Morgan fingerprint density at radius 1 is 0.974 bits per heavy atom. The molecule has 0 amide bonds. The average molecular weight is 577 g/mol. The molecule has 39 heavy (non-hydrogen) atoms. The first-order valence-electron chi connectivity index (χ1n) is 14.4. The minimum absolute atomic E-state index is 0.0106. The summed E-state index contributed by atoms with van der Waals surface area (Å²) in [5.74, 6) is -2.11. The molecule has 0 spiro atoms. The zero-order chi connectivity index (χ0) is 29.4. The topological polar surface area (TPSA) is 182 Å². The van der Waals surface area contributed by atoms with E-state index in [2.05, 4.69) is 27.7 Å². The molecule has 4 saturated carbocycles. The summed E-state index contributed by atoms with van der Waals surface area (Å²) in [6.45, 7) is 12.2. The standard InChI is InChI=1S/C28H48O10S/c1-12(2)13(3)9-17(29)14(4)16-10-18(30)21-20-15(7-8-27(16,21)5)28(6)11-19(38-39(35,36)37)23(31)25(33)22(28)26(34)24(20)32/h12-17,19-26,29,31-34H,7-11H2,1-6H3,(H,35,36,37)/t13?,14-,15?,16+,17?,19-,20+,21+,22+,23+,24+,25-,26+,27+,28+/m0/s1. The van der Waals surface area contributed by atoms with Crippen molar-refractivity contribution < 1.29 is 47.5 Å². The Balaban J connectivity index is 1.67. The van der Waals surface area contributed by atoms with Gasteiger partial charge in [-0.1, -0.05) is 41.5 Å². The number of carbonyl (C=O) groups is 1. The van der Waals surface area contributed by atoms with E-state index in [1.807, 2.05) is 6.92 Å². The maximum Gasteiger partial charge on any atom is 0.397 e. The van der Waals surface area contributed by atoms with Crippen LogP contribution in [0.5, 0.6) is 0 Å². The van der Waals surface area contributed by atoms with Gasteiger partial charge in [-0.05, 0) is 66.1 Å². The highest BCUT2D eigenvalue weighted by atomic mass is 32.3. The van der Waals surface area contributed by atoms with Crippen molar-refractivity contribution in [2.45, 2.75) is 110 Å². The SMILES string of the molecule is CC(C)C(C)CC(O)[C@@H](C)[C@H]1CC(=O)[C@@H]2[C@H]3C(CC[C@]12C)[C@@]1(C)C[C@H](OS(=O)(=O)O)[C@@H](O)[C@@H](O)[C@@H]1[C@@H](O)[C@@H]3O. The normalized spacial score (nSPS) is 48.7. The van der Waals surface area contributed by atoms with Gasteiger partial charge in [-0.25, -0.2) is 4.18 Å². The number of rotatable bonds is 7. The maximum atomic E-state index is 13.7. The van der Waals surface area contributed by atoms with E-state index in [4.69, 9.17) is 4.18 Å². The maximum absolute atomic E-state index is 13.7. The number of ketones is 1. The van der Waals surface area contributed by atoms with Gasteiger partial charge >= 0.3 is 10.4 Å². The fraction of sp³-hybridized carbons (Fsp3) is 0.964. The van der Waals surface area contributed by atoms with E-state index in [-0.39, 0.29) is 36.4 Å². The van der Waals surface area contributed by atoms with Crippen LogP contribution in [0.4, 0.5) is 0 Å². The molecular weight excluding hydrogens is 528 g/mol. The van der Waals surface area contributed by atoms with E-state index in [0.29, 0.717) is 31.1 Å². The zero-order valence-electron chi connectivity index (χ0n) is 23.8. The molecule has 0 aromatic rings. The van der Waals surface area contributed by atoms with Crippen LogP contribution in [0.3, 0.4) is 0 Å². The van der Waals surface area contributed by atoms with Gasteiger partial charge in [0, 0.05) is 24.2 Å². The van der Waals surface area contributed by atoms with E-state index in [0.717, 1.165) is 0 Å². The molecule has 0 aromatic carbocycles. The summed E-state index contributed by atoms with van der Waals surface area (Å²) in [5.41, 5.74) is -1.50. The summed E-state index contributed by atoms with van der Waals surface area (Å²) in [4.78, 5) is 13.7. The van der Waals surface area contributed by atoms with Gasteiger partial charge in [0.05, 0.1) is 24.4 Å². The van der Waals surface area contributed by atoms with Crippen LogP contribution >= 0.6 is 0 Å². The largest absolute Gasteiger partial charge is 0.397 e. The van der Waals surface area contributed by atoms with Crippen LogP contribution in [0.15, 0.2) is 0 Å². The molecule has 4 aliphatic rings. The van der Waals surface area contributed by atoms with Gasteiger partial charge in [0.1, 0.15) is 18.0 Å². The lowest BCUT2D eigenvalue weighted by atomic mass is 9.42.